The molecule has 3 aliphatic rings. The molecule has 1 unspecified atom stereocenters. The number of piperazine rings is 1. The lowest BCUT2D eigenvalue weighted by atomic mass is 9.97. The molecule has 0 saturated carbocycles. The topological polar surface area (TPSA) is 57.6 Å². The second-order valence-electron chi connectivity index (χ2n) is 9.03. The Kier molecular flexibility index (Phi) is 7.03. The average Bonchev–Trinajstić information content (AvgIpc) is 3.22. The van der Waals surface area contributed by atoms with Gasteiger partial charge in [0, 0.05) is 50.9 Å². The van der Waals surface area contributed by atoms with Gasteiger partial charge < -0.3 is 24.2 Å². The lowest BCUT2D eigenvalue weighted by Gasteiger charge is -2.48. The number of benzene rings is 1. The summed E-state index contributed by atoms with van der Waals surface area (Å²) in [6.45, 7) is 11.4. The zero-order valence-corrected chi connectivity index (χ0v) is 18.7. The van der Waals surface area contributed by atoms with Crippen LogP contribution in [-0.4, -0.2) is 91.2 Å². The molecule has 7 heteroatoms. The maximum Gasteiger partial charge on any atom is 0.231 e. The van der Waals surface area contributed by atoms with Gasteiger partial charge in [-0.3, -0.25) is 9.80 Å². The van der Waals surface area contributed by atoms with E-state index in [1.807, 2.05) is 0 Å². The van der Waals surface area contributed by atoms with Gasteiger partial charge in [-0.25, -0.2) is 0 Å². The third-order valence-corrected chi connectivity index (χ3v) is 6.90. The van der Waals surface area contributed by atoms with Crippen molar-refractivity contribution in [2.45, 2.75) is 57.8 Å². The highest BCUT2D eigenvalue weighted by molar-refractivity contribution is 5.55. The van der Waals surface area contributed by atoms with E-state index < -0.39 is 0 Å². The number of fused-ring (bicyclic) bond motifs is 1. The van der Waals surface area contributed by atoms with E-state index in [9.17, 15) is 5.11 Å². The summed E-state index contributed by atoms with van der Waals surface area (Å²) >= 11 is 0. The SMILES string of the molecule is COc1cc(CN2CCN(C3CCN(C(C)C)CC3)C(CCO)C2)cc2c1OCO2. The first-order chi connectivity index (χ1) is 14.6. The number of hydrogen-bond donors (Lipinski definition) is 1. The molecular weight excluding hydrogens is 382 g/mol. The second kappa shape index (κ2) is 9.73. The van der Waals surface area contributed by atoms with E-state index in [2.05, 4.69) is 40.7 Å². The van der Waals surface area contributed by atoms with Crippen LogP contribution in [0.3, 0.4) is 0 Å². The van der Waals surface area contributed by atoms with Crippen LogP contribution in [-0.2, 0) is 6.54 Å². The van der Waals surface area contributed by atoms with Crippen LogP contribution in [0.1, 0.15) is 38.7 Å². The smallest absolute Gasteiger partial charge is 0.231 e. The van der Waals surface area contributed by atoms with Gasteiger partial charge in [-0.1, -0.05) is 0 Å². The number of rotatable bonds is 7. The first kappa shape index (κ1) is 21.7. The van der Waals surface area contributed by atoms with E-state index in [4.69, 9.17) is 14.2 Å². The summed E-state index contributed by atoms with van der Waals surface area (Å²) in [6, 6.07) is 5.82. The lowest BCUT2D eigenvalue weighted by molar-refractivity contribution is -0.0000473. The summed E-state index contributed by atoms with van der Waals surface area (Å²) in [5.74, 6) is 2.21. The van der Waals surface area contributed by atoms with Gasteiger partial charge in [-0.05, 0) is 63.9 Å². The quantitative estimate of drug-likeness (QED) is 0.727. The number of aliphatic hydroxyl groups excluding tert-OH is 1. The van der Waals surface area contributed by atoms with Gasteiger partial charge in [0.2, 0.25) is 12.5 Å². The molecule has 0 aromatic heterocycles. The minimum Gasteiger partial charge on any atom is -0.493 e. The molecular formula is C23H37N3O4. The van der Waals surface area contributed by atoms with Crippen molar-refractivity contribution in [2.75, 3.05) is 53.2 Å². The third kappa shape index (κ3) is 4.69. The van der Waals surface area contributed by atoms with Gasteiger partial charge in [0.1, 0.15) is 0 Å². The minimum absolute atomic E-state index is 0.248. The Hall–Kier alpha value is -1.54. The highest BCUT2D eigenvalue weighted by Crippen LogP contribution is 2.42. The molecule has 0 radical (unpaired) electrons. The molecule has 0 bridgehead atoms. The Morgan fingerprint density at radius 2 is 1.93 bits per heavy atom. The largest absolute Gasteiger partial charge is 0.493 e. The minimum atomic E-state index is 0.248. The van der Waals surface area contributed by atoms with Crippen molar-refractivity contribution in [1.82, 2.24) is 14.7 Å². The van der Waals surface area contributed by atoms with Gasteiger partial charge in [0.05, 0.1) is 7.11 Å². The highest BCUT2D eigenvalue weighted by Gasteiger charge is 2.34. The maximum atomic E-state index is 9.70. The van der Waals surface area contributed by atoms with Gasteiger partial charge in [0.25, 0.3) is 0 Å². The summed E-state index contributed by atoms with van der Waals surface area (Å²) < 4.78 is 16.6. The van der Waals surface area contributed by atoms with Gasteiger partial charge >= 0.3 is 0 Å². The number of methoxy groups -OCH3 is 1. The molecule has 7 nitrogen and oxygen atoms in total. The predicted molar refractivity (Wildman–Crippen MR) is 116 cm³/mol. The molecule has 0 aliphatic carbocycles. The highest BCUT2D eigenvalue weighted by atomic mass is 16.7. The number of nitrogens with zero attached hydrogens (tertiary/aromatic N) is 3. The normalized spacial score (nSPS) is 24.0. The fraction of sp³-hybridized carbons (Fsp3) is 0.739. The van der Waals surface area contributed by atoms with Crippen molar-refractivity contribution in [3.05, 3.63) is 17.7 Å². The molecule has 0 spiro atoms. The van der Waals surface area contributed by atoms with E-state index >= 15 is 0 Å². The Balaban J connectivity index is 1.39. The Bertz CT molecular complexity index is 706. The third-order valence-electron chi connectivity index (χ3n) is 6.90. The fourth-order valence-electron chi connectivity index (χ4n) is 5.23. The van der Waals surface area contributed by atoms with Crippen LogP contribution in [0.15, 0.2) is 12.1 Å². The maximum absolute atomic E-state index is 9.70. The van der Waals surface area contributed by atoms with Crippen LogP contribution < -0.4 is 14.2 Å². The number of piperidine rings is 1. The van der Waals surface area contributed by atoms with Crippen molar-refractivity contribution in [3.8, 4) is 17.2 Å². The van der Waals surface area contributed by atoms with Crippen molar-refractivity contribution in [1.29, 1.82) is 0 Å². The summed E-state index contributed by atoms with van der Waals surface area (Å²) in [5.41, 5.74) is 1.18. The molecule has 1 aromatic carbocycles. The van der Waals surface area contributed by atoms with Gasteiger partial charge in [-0.15, -0.1) is 0 Å². The molecule has 0 amide bonds. The van der Waals surface area contributed by atoms with E-state index in [0.717, 1.165) is 44.1 Å². The van der Waals surface area contributed by atoms with Crippen LogP contribution in [0, 0.1) is 0 Å². The average molecular weight is 420 g/mol. The van der Waals surface area contributed by atoms with Crippen molar-refractivity contribution in [2.24, 2.45) is 0 Å². The second-order valence-corrected chi connectivity index (χ2v) is 9.03. The molecule has 4 rings (SSSR count). The van der Waals surface area contributed by atoms with Crippen molar-refractivity contribution >= 4 is 0 Å². The first-order valence-electron chi connectivity index (χ1n) is 11.4. The number of ether oxygens (including phenoxy) is 3. The Morgan fingerprint density at radius 1 is 1.13 bits per heavy atom. The van der Waals surface area contributed by atoms with E-state index in [0.29, 0.717) is 23.9 Å². The van der Waals surface area contributed by atoms with Crippen LogP contribution in [0.5, 0.6) is 17.2 Å². The molecule has 2 saturated heterocycles. The van der Waals surface area contributed by atoms with Crippen LogP contribution in [0.4, 0.5) is 0 Å². The zero-order valence-electron chi connectivity index (χ0n) is 18.7. The monoisotopic (exact) mass is 419 g/mol. The van der Waals surface area contributed by atoms with Crippen molar-refractivity contribution in [3.63, 3.8) is 0 Å². The molecule has 30 heavy (non-hydrogen) atoms. The lowest BCUT2D eigenvalue weighted by Crippen LogP contribution is -2.58. The standard InChI is InChI=1S/C23H37N3O4/c1-17(2)25-7-4-19(5-8-25)26-10-9-24(15-20(26)6-11-27)14-18-12-21(28-3)23-22(13-18)29-16-30-23/h12-13,17,19-20,27H,4-11,14-16H2,1-3H3. The molecule has 1 N–H and O–H groups in total. The van der Waals surface area contributed by atoms with Crippen LogP contribution in [0.2, 0.25) is 0 Å². The summed E-state index contributed by atoms with van der Waals surface area (Å²) in [5, 5.41) is 9.70. The van der Waals surface area contributed by atoms with Gasteiger partial charge in [0.15, 0.2) is 11.5 Å². The molecule has 3 aliphatic heterocycles. The molecule has 2 fully saturated rings. The zero-order chi connectivity index (χ0) is 21.1. The van der Waals surface area contributed by atoms with E-state index in [1.54, 1.807) is 7.11 Å². The number of aliphatic hydroxyl groups is 1. The molecule has 1 atom stereocenters. The van der Waals surface area contributed by atoms with E-state index in [-0.39, 0.29) is 13.4 Å². The fourth-order valence-corrected chi connectivity index (χ4v) is 5.23. The van der Waals surface area contributed by atoms with Gasteiger partial charge in [-0.2, -0.15) is 0 Å². The first-order valence-corrected chi connectivity index (χ1v) is 11.4. The molecule has 168 valence electrons. The Labute approximate surface area is 180 Å². The summed E-state index contributed by atoms with van der Waals surface area (Å²) in [4.78, 5) is 7.77. The molecule has 3 heterocycles. The number of hydrogen-bond acceptors (Lipinski definition) is 7. The van der Waals surface area contributed by atoms with Crippen LogP contribution in [0.25, 0.3) is 0 Å². The molecule has 1 aromatic rings. The van der Waals surface area contributed by atoms with E-state index in [1.165, 1.54) is 31.5 Å². The number of likely N-dealkylation sites (tertiary alicyclic amines) is 1. The predicted octanol–water partition coefficient (Wildman–Crippen LogP) is 2.17. The van der Waals surface area contributed by atoms with Crippen molar-refractivity contribution < 1.29 is 19.3 Å². The van der Waals surface area contributed by atoms with Crippen LogP contribution >= 0.6 is 0 Å². The summed E-state index contributed by atoms with van der Waals surface area (Å²) in [6.07, 6.45) is 3.31. The summed E-state index contributed by atoms with van der Waals surface area (Å²) in [7, 11) is 1.67. The Morgan fingerprint density at radius 3 is 2.63 bits per heavy atom.